The number of anilines is 1. The Morgan fingerprint density at radius 2 is 1.79 bits per heavy atom. The van der Waals surface area contributed by atoms with Crippen LogP contribution in [0.5, 0.6) is 0 Å². The minimum atomic E-state index is -0.679. The van der Waals surface area contributed by atoms with E-state index < -0.39 is 23.6 Å². The highest BCUT2D eigenvalue weighted by Crippen LogP contribution is 2.22. The first-order valence-electron chi connectivity index (χ1n) is 7.47. The van der Waals surface area contributed by atoms with E-state index in [-0.39, 0.29) is 25.9 Å². The van der Waals surface area contributed by atoms with E-state index in [2.05, 4.69) is 0 Å². The Balaban J connectivity index is 0.00000288. The van der Waals surface area contributed by atoms with Crippen LogP contribution in [-0.2, 0) is 9.53 Å². The Labute approximate surface area is 148 Å². The molecule has 2 amide bonds. The van der Waals surface area contributed by atoms with Gasteiger partial charge in [0, 0.05) is 18.8 Å². The number of piperazine rings is 1. The first-order valence-corrected chi connectivity index (χ1v) is 7.47. The minimum absolute atomic E-state index is 0. The predicted molar refractivity (Wildman–Crippen MR) is 94.9 cm³/mol. The van der Waals surface area contributed by atoms with Crippen molar-refractivity contribution in [1.82, 2.24) is 4.90 Å². The fourth-order valence-corrected chi connectivity index (χ4v) is 2.46. The van der Waals surface area contributed by atoms with Crippen LogP contribution in [0, 0.1) is 5.82 Å². The Kier molecular flexibility index (Phi) is 6.48. The van der Waals surface area contributed by atoms with E-state index in [0.717, 1.165) is 0 Å². The summed E-state index contributed by atoms with van der Waals surface area (Å²) in [5.41, 5.74) is 5.57. The lowest BCUT2D eigenvalue weighted by atomic mass is 10.1. The van der Waals surface area contributed by atoms with Crippen LogP contribution in [0.1, 0.15) is 20.8 Å². The number of nitrogens with zero attached hydrogens (tertiary/aromatic N) is 2. The fraction of sp³-hybridized carbons (Fsp3) is 0.500. The monoisotopic (exact) mass is 357 g/mol. The normalized spacial score (nSPS) is 17.9. The maximum atomic E-state index is 13.1. The molecular formula is C16H24FN3O3S. The topological polar surface area (TPSA) is 75.9 Å². The second-order valence-electron chi connectivity index (χ2n) is 6.51. The predicted octanol–water partition coefficient (Wildman–Crippen LogP) is 1.85. The number of halogens is 1. The van der Waals surface area contributed by atoms with E-state index in [4.69, 9.17) is 10.5 Å². The standard InChI is InChI=1S/C16H22FN3O3.H2S/c1-16(2,3)23-15(22)19-8-9-20(13(10-19)14(18)21)12-6-4-11(17)5-7-12;/h4-7,13H,8-10H2,1-3H3,(H2,18,21);1H2/t13-;/m0./s1. The molecule has 6 nitrogen and oxygen atoms in total. The molecule has 0 unspecified atom stereocenters. The van der Waals surface area contributed by atoms with Gasteiger partial charge in [-0.3, -0.25) is 4.79 Å². The molecule has 0 bridgehead atoms. The van der Waals surface area contributed by atoms with E-state index >= 15 is 0 Å². The smallest absolute Gasteiger partial charge is 0.410 e. The highest BCUT2D eigenvalue weighted by molar-refractivity contribution is 7.59. The van der Waals surface area contributed by atoms with Gasteiger partial charge >= 0.3 is 6.09 Å². The molecule has 1 aliphatic heterocycles. The summed E-state index contributed by atoms with van der Waals surface area (Å²) in [7, 11) is 0. The average Bonchev–Trinajstić information content (AvgIpc) is 2.45. The van der Waals surface area contributed by atoms with Crippen LogP contribution in [0.3, 0.4) is 0 Å². The number of rotatable bonds is 2. The van der Waals surface area contributed by atoms with Crippen molar-refractivity contribution in [2.24, 2.45) is 5.73 Å². The van der Waals surface area contributed by atoms with Crippen LogP contribution in [0.25, 0.3) is 0 Å². The van der Waals surface area contributed by atoms with Gasteiger partial charge in [0.2, 0.25) is 5.91 Å². The fourth-order valence-electron chi connectivity index (χ4n) is 2.46. The van der Waals surface area contributed by atoms with Crippen LogP contribution in [0.15, 0.2) is 24.3 Å². The van der Waals surface area contributed by atoms with Crippen LogP contribution in [0.4, 0.5) is 14.9 Å². The maximum absolute atomic E-state index is 13.1. The molecule has 2 rings (SSSR count). The summed E-state index contributed by atoms with van der Waals surface area (Å²) in [5, 5.41) is 0. The molecule has 0 spiro atoms. The summed E-state index contributed by atoms with van der Waals surface area (Å²) in [4.78, 5) is 27.2. The zero-order valence-corrected chi connectivity index (χ0v) is 15.1. The summed E-state index contributed by atoms with van der Waals surface area (Å²) < 4.78 is 18.4. The summed E-state index contributed by atoms with van der Waals surface area (Å²) in [6, 6.07) is 5.16. The van der Waals surface area contributed by atoms with Crippen LogP contribution < -0.4 is 10.6 Å². The molecule has 134 valence electrons. The number of primary amides is 1. The van der Waals surface area contributed by atoms with Gasteiger partial charge in [0.15, 0.2) is 0 Å². The second-order valence-corrected chi connectivity index (χ2v) is 6.51. The molecule has 0 radical (unpaired) electrons. The number of carbonyl (C=O) groups is 2. The number of hydrogen-bond donors (Lipinski definition) is 1. The van der Waals surface area contributed by atoms with Gasteiger partial charge in [-0.1, -0.05) is 0 Å². The lowest BCUT2D eigenvalue weighted by molar-refractivity contribution is -0.120. The number of hydrogen-bond acceptors (Lipinski definition) is 4. The van der Waals surface area contributed by atoms with Crippen molar-refractivity contribution < 1.29 is 18.7 Å². The van der Waals surface area contributed by atoms with Gasteiger partial charge in [-0.25, -0.2) is 9.18 Å². The van der Waals surface area contributed by atoms with Gasteiger partial charge in [-0.15, -0.1) is 0 Å². The molecular weight excluding hydrogens is 333 g/mol. The Hall–Kier alpha value is -1.96. The summed E-state index contributed by atoms with van der Waals surface area (Å²) in [5.74, 6) is -0.889. The first-order chi connectivity index (χ1) is 10.7. The SMILES string of the molecule is CC(C)(C)OC(=O)N1CCN(c2ccc(F)cc2)[C@H](C(N)=O)C1.S. The highest BCUT2D eigenvalue weighted by atomic mass is 32.1. The van der Waals surface area contributed by atoms with E-state index in [1.807, 2.05) is 0 Å². The molecule has 1 atom stereocenters. The van der Waals surface area contributed by atoms with E-state index in [9.17, 15) is 14.0 Å². The molecule has 1 fully saturated rings. The molecule has 1 aliphatic rings. The van der Waals surface area contributed by atoms with Crippen LogP contribution >= 0.6 is 13.5 Å². The zero-order valence-electron chi connectivity index (χ0n) is 14.1. The third-order valence-electron chi connectivity index (χ3n) is 3.52. The maximum Gasteiger partial charge on any atom is 0.410 e. The van der Waals surface area contributed by atoms with Crippen molar-refractivity contribution in [3.05, 3.63) is 30.1 Å². The number of ether oxygens (including phenoxy) is 1. The number of benzene rings is 1. The molecule has 1 aromatic rings. The van der Waals surface area contributed by atoms with Crippen molar-refractivity contribution in [1.29, 1.82) is 0 Å². The van der Waals surface area contributed by atoms with Crippen molar-refractivity contribution in [2.75, 3.05) is 24.5 Å². The van der Waals surface area contributed by atoms with Gasteiger partial charge in [-0.2, -0.15) is 13.5 Å². The van der Waals surface area contributed by atoms with Crippen molar-refractivity contribution in [3.8, 4) is 0 Å². The molecule has 2 N–H and O–H groups in total. The number of amides is 2. The quantitative estimate of drug-likeness (QED) is 0.876. The van der Waals surface area contributed by atoms with Crippen molar-refractivity contribution in [3.63, 3.8) is 0 Å². The number of carbonyl (C=O) groups excluding carboxylic acids is 2. The Morgan fingerprint density at radius 1 is 1.21 bits per heavy atom. The molecule has 24 heavy (non-hydrogen) atoms. The molecule has 1 aromatic carbocycles. The van der Waals surface area contributed by atoms with Gasteiger partial charge in [0.05, 0.1) is 6.54 Å². The molecule has 8 heteroatoms. The minimum Gasteiger partial charge on any atom is -0.444 e. The molecule has 0 aliphatic carbocycles. The molecule has 0 aromatic heterocycles. The van der Waals surface area contributed by atoms with Gasteiger partial charge < -0.3 is 20.3 Å². The number of nitrogens with two attached hydrogens (primary N) is 1. The molecule has 1 saturated heterocycles. The average molecular weight is 357 g/mol. The largest absolute Gasteiger partial charge is 0.444 e. The van der Waals surface area contributed by atoms with Crippen LogP contribution in [0.2, 0.25) is 0 Å². The van der Waals surface area contributed by atoms with E-state index in [0.29, 0.717) is 18.8 Å². The van der Waals surface area contributed by atoms with Crippen molar-refractivity contribution in [2.45, 2.75) is 32.4 Å². The summed E-state index contributed by atoms with van der Waals surface area (Å²) >= 11 is 0. The third kappa shape index (κ3) is 5.02. The van der Waals surface area contributed by atoms with Gasteiger partial charge in [0.1, 0.15) is 17.5 Å². The summed E-state index contributed by atoms with van der Waals surface area (Å²) in [6.07, 6.45) is -0.470. The lowest BCUT2D eigenvalue weighted by Gasteiger charge is -2.41. The van der Waals surface area contributed by atoms with Crippen LogP contribution in [-0.4, -0.2) is 48.2 Å². The Bertz CT molecular complexity index is 589. The molecule has 1 heterocycles. The van der Waals surface area contributed by atoms with Crippen molar-refractivity contribution >= 4 is 31.2 Å². The van der Waals surface area contributed by atoms with Gasteiger partial charge in [-0.05, 0) is 45.0 Å². The van der Waals surface area contributed by atoms with Gasteiger partial charge in [0.25, 0.3) is 0 Å². The van der Waals surface area contributed by atoms with E-state index in [1.54, 1.807) is 37.8 Å². The molecule has 0 saturated carbocycles. The van der Waals surface area contributed by atoms with E-state index in [1.165, 1.54) is 17.0 Å². The Morgan fingerprint density at radius 3 is 2.29 bits per heavy atom. The summed E-state index contributed by atoms with van der Waals surface area (Å²) in [6.45, 7) is 6.30. The highest BCUT2D eigenvalue weighted by Gasteiger charge is 2.35. The first kappa shape index (κ1) is 20.1. The lowest BCUT2D eigenvalue weighted by Crippen LogP contribution is -2.60. The zero-order chi connectivity index (χ0) is 17.2. The third-order valence-corrected chi connectivity index (χ3v) is 3.52. The second kappa shape index (κ2) is 7.74.